The summed E-state index contributed by atoms with van der Waals surface area (Å²) in [5.74, 6) is 1.37. The molecule has 142 valence electrons. The number of carbonyl (C=O) groups excluding carboxylic acids is 1. The summed E-state index contributed by atoms with van der Waals surface area (Å²) in [6.07, 6.45) is 2.79. The van der Waals surface area contributed by atoms with Gasteiger partial charge in [0.05, 0.1) is 16.8 Å². The second kappa shape index (κ2) is 7.24. The zero-order chi connectivity index (χ0) is 19.3. The Morgan fingerprint density at radius 2 is 2.11 bits per heavy atom. The van der Waals surface area contributed by atoms with Crippen LogP contribution in [0.4, 0.5) is 0 Å². The Morgan fingerprint density at radius 1 is 1.33 bits per heavy atom. The van der Waals surface area contributed by atoms with Gasteiger partial charge in [0.25, 0.3) is 5.56 Å². The number of hydrogen-bond acceptors (Lipinski definition) is 5. The number of Topliss-reactive ketones (excluding diaryl/α,β-unsaturated/α-hetero) is 1. The maximum absolute atomic E-state index is 13.4. The van der Waals surface area contributed by atoms with E-state index in [-0.39, 0.29) is 11.3 Å². The monoisotopic (exact) mass is 576 g/mol. The van der Waals surface area contributed by atoms with Crippen molar-refractivity contribution in [3.8, 4) is 0 Å². The molecule has 0 saturated heterocycles. The fourth-order valence-corrected chi connectivity index (χ4v) is 5.98. The van der Waals surface area contributed by atoms with Crippen LogP contribution >= 0.6 is 59.1 Å². The summed E-state index contributed by atoms with van der Waals surface area (Å²) in [6.45, 7) is 2.37. The van der Waals surface area contributed by atoms with Crippen molar-refractivity contribution in [1.29, 1.82) is 0 Å². The number of alkyl halides is 2. The SMILES string of the molecule is CCCc1nc2sc3c(c2c(=O)n1Cc1ccc(Br)o1)CCC(Br)(Br)C3=O. The molecule has 0 aliphatic heterocycles. The summed E-state index contributed by atoms with van der Waals surface area (Å²) in [5.41, 5.74) is 0.724. The van der Waals surface area contributed by atoms with Gasteiger partial charge in [-0.05, 0) is 52.9 Å². The number of nitrogens with zero attached hydrogens (tertiary/aromatic N) is 2. The van der Waals surface area contributed by atoms with E-state index < -0.39 is 3.23 Å². The second-order valence-electron chi connectivity index (χ2n) is 6.50. The molecule has 3 heterocycles. The van der Waals surface area contributed by atoms with Gasteiger partial charge in [-0.25, -0.2) is 4.98 Å². The average molecular weight is 579 g/mol. The number of ketones is 1. The minimum atomic E-state index is -0.750. The molecule has 0 aromatic carbocycles. The smallest absolute Gasteiger partial charge is 0.262 e. The van der Waals surface area contributed by atoms with Crippen molar-refractivity contribution in [3.63, 3.8) is 0 Å². The first-order chi connectivity index (χ1) is 12.8. The Bertz CT molecular complexity index is 1110. The molecule has 27 heavy (non-hydrogen) atoms. The molecule has 0 amide bonds. The Kier molecular flexibility index (Phi) is 5.24. The number of furan rings is 1. The van der Waals surface area contributed by atoms with Crippen LogP contribution in [0.2, 0.25) is 0 Å². The largest absolute Gasteiger partial charge is 0.452 e. The minimum absolute atomic E-state index is 0.0373. The summed E-state index contributed by atoms with van der Waals surface area (Å²) in [6, 6.07) is 3.65. The molecule has 0 spiro atoms. The summed E-state index contributed by atoms with van der Waals surface area (Å²) >= 11 is 11.5. The molecule has 0 atom stereocenters. The van der Waals surface area contributed by atoms with Crippen LogP contribution in [0.25, 0.3) is 10.2 Å². The highest BCUT2D eigenvalue weighted by Crippen LogP contribution is 2.44. The molecule has 3 aromatic rings. The van der Waals surface area contributed by atoms with E-state index in [4.69, 9.17) is 9.40 Å². The molecular weight excluding hydrogens is 564 g/mol. The molecule has 9 heteroatoms. The predicted octanol–water partition coefficient (Wildman–Crippen LogP) is 5.43. The fraction of sp³-hybridized carbons (Fsp3) is 0.389. The molecule has 5 nitrogen and oxygen atoms in total. The van der Waals surface area contributed by atoms with Gasteiger partial charge in [-0.3, -0.25) is 14.2 Å². The predicted molar refractivity (Wildman–Crippen MR) is 117 cm³/mol. The first-order valence-electron chi connectivity index (χ1n) is 8.53. The van der Waals surface area contributed by atoms with Gasteiger partial charge in [0, 0.05) is 6.42 Å². The van der Waals surface area contributed by atoms with Crippen LogP contribution < -0.4 is 5.56 Å². The normalized spacial score (nSPS) is 16.1. The molecule has 0 bridgehead atoms. The van der Waals surface area contributed by atoms with Crippen molar-refractivity contribution in [2.75, 3.05) is 0 Å². The Morgan fingerprint density at radius 3 is 2.78 bits per heavy atom. The molecular formula is C18H15Br3N2O3S. The average Bonchev–Trinajstić information content (AvgIpc) is 3.19. The van der Waals surface area contributed by atoms with Crippen molar-refractivity contribution in [1.82, 2.24) is 9.55 Å². The van der Waals surface area contributed by atoms with Gasteiger partial charge < -0.3 is 4.42 Å². The molecule has 0 radical (unpaired) electrons. The second-order valence-corrected chi connectivity index (χ2v) is 12.1. The third kappa shape index (κ3) is 3.41. The van der Waals surface area contributed by atoms with Crippen LogP contribution in [0.5, 0.6) is 0 Å². The van der Waals surface area contributed by atoms with E-state index in [0.717, 1.165) is 17.8 Å². The Balaban J connectivity index is 1.92. The van der Waals surface area contributed by atoms with Crippen molar-refractivity contribution in [2.24, 2.45) is 0 Å². The fourth-order valence-electron chi connectivity index (χ4n) is 3.33. The third-order valence-electron chi connectivity index (χ3n) is 4.63. The number of halogens is 3. The van der Waals surface area contributed by atoms with E-state index in [1.165, 1.54) is 11.3 Å². The lowest BCUT2D eigenvalue weighted by atomic mass is 9.96. The highest BCUT2D eigenvalue weighted by molar-refractivity contribution is 9.26. The van der Waals surface area contributed by atoms with Crippen LogP contribution in [0.3, 0.4) is 0 Å². The van der Waals surface area contributed by atoms with E-state index in [0.29, 0.717) is 51.3 Å². The summed E-state index contributed by atoms with van der Waals surface area (Å²) < 4.78 is 7.15. The highest BCUT2D eigenvalue weighted by Gasteiger charge is 2.41. The van der Waals surface area contributed by atoms with Gasteiger partial charge in [0.15, 0.2) is 10.5 Å². The minimum Gasteiger partial charge on any atom is -0.452 e. The first-order valence-corrected chi connectivity index (χ1v) is 11.7. The maximum atomic E-state index is 13.4. The van der Waals surface area contributed by atoms with Crippen LogP contribution in [0.1, 0.15) is 46.6 Å². The third-order valence-corrected chi connectivity index (χ3v) is 7.70. The number of hydrogen-bond donors (Lipinski definition) is 0. The number of rotatable bonds is 4. The van der Waals surface area contributed by atoms with Crippen LogP contribution in [-0.2, 0) is 19.4 Å². The lowest BCUT2D eigenvalue weighted by molar-refractivity contribution is 0.0977. The lowest BCUT2D eigenvalue weighted by Crippen LogP contribution is -2.31. The molecule has 1 aliphatic rings. The van der Waals surface area contributed by atoms with Gasteiger partial charge in [-0.15, -0.1) is 11.3 Å². The number of aryl methyl sites for hydroxylation is 2. The summed E-state index contributed by atoms with van der Waals surface area (Å²) in [7, 11) is 0. The number of fused-ring (bicyclic) bond motifs is 3. The number of thiophene rings is 1. The van der Waals surface area contributed by atoms with E-state index in [1.807, 2.05) is 12.1 Å². The van der Waals surface area contributed by atoms with E-state index in [1.54, 1.807) is 4.57 Å². The van der Waals surface area contributed by atoms with Gasteiger partial charge in [-0.2, -0.15) is 0 Å². The number of aromatic nitrogens is 2. The zero-order valence-corrected chi connectivity index (χ0v) is 19.9. The Hall–Kier alpha value is -0.770. The molecule has 3 aromatic heterocycles. The maximum Gasteiger partial charge on any atom is 0.262 e. The van der Waals surface area contributed by atoms with E-state index in [2.05, 4.69) is 54.7 Å². The van der Waals surface area contributed by atoms with Crippen molar-refractivity contribution < 1.29 is 9.21 Å². The van der Waals surface area contributed by atoms with E-state index >= 15 is 0 Å². The summed E-state index contributed by atoms with van der Waals surface area (Å²) in [4.78, 5) is 32.2. The molecule has 4 rings (SSSR count). The van der Waals surface area contributed by atoms with Crippen LogP contribution in [-0.4, -0.2) is 18.6 Å². The van der Waals surface area contributed by atoms with Gasteiger partial charge >= 0.3 is 0 Å². The standard InChI is InChI=1S/C18H15Br3N2O3S/c1-2-3-12-22-16-13(10-6-7-18(20,21)15(24)14(10)27-16)17(25)23(12)8-9-4-5-11(19)26-9/h4-5H,2-3,6-8H2,1H3. The molecule has 1 aliphatic carbocycles. The van der Waals surface area contributed by atoms with Crippen molar-refractivity contribution in [2.45, 2.75) is 42.4 Å². The topological polar surface area (TPSA) is 65.1 Å². The first kappa shape index (κ1) is 19.5. The number of carbonyl (C=O) groups is 1. The highest BCUT2D eigenvalue weighted by atomic mass is 79.9. The van der Waals surface area contributed by atoms with Crippen molar-refractivity contribution >= 4 is 75.1 Å². The lowest BCUT2D eigenvalue weighted by Gasteiger charge is -2.23. The quantitative estimate of drug-likeness (QED) is 0.387. The molecule has 0 saturated carbocycles. The zero-order valence-electron chi connectivity index (χ0n) is 14.4. The molecule has 0 fully saturated rings. The Labute approximate surface area is 184 Å². The molecule has 0 unspecified atom stereocenters. The van der Waals surface area contributed by atoms with Crippen LogP contribution in [0, 0.1) is 0 Å². The molecule has 0 N–H and O–H groups in total. The van der Waals surface area contributed by atoms with Gasteiger partial charge in [0.2, 0.25) is 0 Å². The van der Waals surface area contributed by atoms with Gasteiger partial charge in [-0.1, -0.05) is 38.8 Å². The van der Waals surface area contributed by atoms with Crippen LogP contribution in [0.15, 0.2) is 26.0 Å². The van der Waals surface area contributed by atoms with Gasteiger partial charge in [0.1, 0.15) is 19.6 Å². The van der Waals surface area contributed by atoms with Crippen molar-refractivity contribution in [3.05, 3.63) is 49.2 Å². The van der Waals surface area contributed by atoms with E-state index in [9.17, 15) is 9.59 Å². The summed E-state index contributed by atoms with van der Waals surface area (Å²) in [5, 5.41) is 0.573.